The number of nitrogens with one attached hydrogen (secondary N) is 1. The minimum absolute atomic E-state index is 0.212. The van der Waals surface area contributed by atoms with Crippen LogP contribution in [0.5, 0.6) is 5.75 Å². The number of aryl methyl sites for hydroxylation is 1. The van der Waals surface area contributed by atoms with Crippen LogP contribution in [0.15, 0.2) is 42.5 Å². The van der Waals surface area contributed by atoms with Crippen molar-refractivity contribution in [3.05, 3.63) is 53.6 Å². The van der Waals surface area contributed by atoms with Gasteiger partial charge in [0.2, 0.25) is 5.91 Å². The number of ether oxygens (including phenoxy) is 1. The molecule has 0 aliphatic carbocycles. The number of fused-ring (bicyclic) bond motifs is 1. The SMILES string of the molecule is CC(=O)Nc1ccc(C(=O)N2CCCc3cc(OC(F)(F)F)ccc32)cc1. The highest BCUT2D eigenvalue weighted by Gasteiger charge is 2.32. The molecule has 3 rings (SSSR count). The Morgan fingerprint density at radius 1 is 1.11 bits per heavy atom. The molecule has 1 N–H and O–H groups in total. The number of carbonyl (C=O) groups is 2. The van der Waals surface area contributed by atoms with Gasteiger partial charge in [-0.25, -0.2) is 0 Å². The molecular formula is C19H17F3N2O3. The fourth-order valence-electron chi connectivity index (χ4n) is 3.04. The highest BCUT2D eigenvalue weighted by Crippen LogP contribution is 2.33. The average molecular weight is 378 g/mol. The molecule has 1 aliphatic heterocycles. The summed E-state index contributed by atoms with van der Waals surface area (Å²) in [7, 11) is 0. The zero-order chi connectivity index (χ0) is 19.6. The van der Waals surface area contributed by atoms with Crippen molar-refractivity contribution in [1.29, 1.82) is 0 Å². The molecule has 0 aromatic heterocycles. The third-order valence-corrected chi connectivity index (χ3v) is 4.10. The third-order valence-electron chi connectivity index (χ3n) is 4.10. The lowest BCUT2D eigenvalue weighted by atomic mass is 10.0. The third kappa shape index (κ3) is 4.58. The molecular weight excluding hydrogens is 361 g/mol. The minimum atomic E-state index is -4.76. The van der Waals surface area contributed by atoms with Gasteiger partial charge < -0.3 is 15.0 Å². The highest BCUT2D eigenvalue weighted by molar-refractivity contribution is 6.07. The lowest BCUT2D eigenvalue weighted by Crippen LogP contribution is -2.35. The monoisotopic (exact) mass is 378 g/mol. The molecule has 2 amide bonds. The molecule has 0 bridgehead atoms. The summed E-state index contributed by atoms with van der Waals surface area (Å²) in [5.41, 5.74) is 2.21. The maximum absolute atomic E-state index is 12.8. The molecule has 0 atom stereocenters. The van der Waals surface area contributed by atoms with Crippen molar-refractivity contribution in [3.8, 4) is 5.75 Å². The lowest BCUT2D eigenvalue weighted by molar-refractivity contribution is -0.274. The summed E-state index contributed by atoms with van der Waals surface area (Å²) < 4.78 is 41.2. The molecule has 142 valence electrons. The zero-order valence-corrected chi connectivity index (χ0v) is 14.5. The topological polar surface area (TPSA) is 58.6 Å². The second kappa shape index (κ2) is 7.30. The Kier molecular flexibility index (Phi) is 5.07. The number of hydrogen-bond donors (Lipinski definition) is 1. The predicted octanol–water partition coefficient (Wildman–Crippen LogP) is 4.14. The van der Waals surface area contributed by atoms with E-state index in [0.717, 1.165) is 0 Å². The van der Waals surface area contributed by atoms with Crippen LogP contribution >= 0.6 is 0 Å². The highest BCUT2D eigenvalue weighted by atomic mass is 19.4. The second-order valence-corrected chi connectivity index (χ2v) is 6.16. The van der Waals surface area contributed by atoms with E-state index >= 15 is 0 Å². The van der Waals surface area contributed by atoms with Gasteiger partial charge in [0.25, 0.3) is 5.91 Å². The van der Waals surface area contributed by atoms with Gasteiger partial charge in [-0.05, 0) is 60.9 Å². The summed E-state index contributed by atoms with van der Waals surface area (Å²) in [4.78, 5) is 25.4. The van der Waals surface area contributed by atoms with Gasteiger partial charge in [-0.2, -0.15) is 0 Å². The number of nitrogens with zero attached hydrogens (tertiary/aromatic N) is 1. The van der Waals surface area contributed by atoms with Crippen LogP contribution in [0.4, 0.5) is 24.5 Å². The molecule has 0 saturated heterocycles. The first-order chi connectivity index (χ1) is 12.7. The Morgan fingerprint density at radius 3 is 2.44 bits per heavy atom. The molecule has 0 unspecified atom stereocenters. The molecule has 1 heterocycles. The van der Waals surface area contributed by atoms with Crippen LogP contribution in [0.3, 0.4) is 0 Å². The van der Waals surface area contributed by atoms with Gasteiger partial charge in [0.05, 0.1) is 0 Å². The number of rotatable bonds is 3. The normalized spacial score (nSPS) is 13.7. The summed E-state index contributed by atoms with van der Waals surface area (Å²) in [5, 5.41) is 2.62. The van der Waals surface area contributed by atoms with Crippen LogP contribution in [0.1, 0.15) is 29.3 Å². The van der Waals surface area contributed by atoms with E-state index in [0.29, 0.717) is 41.9 Å². The Hall–Kier alpha value is -3.03. The fraction of sp³-hybridized carbons (Fsp3) is 0.263. The van der Waals surface area contributed by atoms with Crippen molar-refractivity contribution >= 4 is 23.2 Å². The van der Waals surface area contributed by atoms with Crippen LogP contribution < -0.4 is 15.0 Å². The Morgan fingerprint density at radius 2 is 1.81 bits per heavy atom. The number of anilines is 2. The first kappa shape index (κ1) is 18.8. The number of halogens is 3. The number of alkyl halides is 3. The molecule has 2 aromatic rings. The first-order valence-electron chi connectivity index (χ1n) is 8.31. The van der Waals surface area contributed by atoms with E-state index in [-0.39, 0.29) is 17.6 Å². The Bertz CT molecular complexity index is 863. The molecule has 1 aliphatic rings. The Labute approximate surface area is 153 Å². The van der Waals surface area contributed by atoms with Crippen molar-refractivity contribution < 1.29 is 27.5 Å². The van der Waals surface area contributed by atoms with Gasteiger partial charge in [0, 0.05) is 30.4 Å². The van der Waals surface area contributed by atoms with Crippen LogP contribution in [0.25, 0.3) is 0 Å². The number of hydrogen-bond acceptors (Lipinski definition) is 3. The molecule has 2 aromatic carbocycles. The van der Waals surface area contributed by atoms with Gasteiger partial charge in [0.15, 0.2) is 0 Å². The van der Waals surface area contributed by atoms with E-state index in [9.17, 15) is 22.8 Å². The molecule has 27 heavy (non-hydrogen) atoms. The summed E-state index contributed by atoms with van der Waals surface area (Å²) in [5.74, 6) is -0.763. The molecule has 8 heteroatoms. The smallest absolute Gasteiger partial charge is 0.406 e. The fourth-order valence-corrected chi connectivity index (χ4v) is 3.04. The molecule has 0 saturated carbocycles. The van der Waals surface area contributed by atoms with Crippen molar-refractivity contribution in [2.24, 2.45) is 0 Å². The van der Waals surface area contributed by atoms with Crippen LogP contribution in [0, 0.1) is 0 Å². The summed E-state index contributed by atoms with van der Waals surface area (Å²) >= 11 is 0. The number of amides is 2. The van der Waals surface area contributed by atoms with E-state index in [2.05, 4.69) is 10.1 Å². The lowest BCUT2D eigenvalue weighted by Gasteiger charge is -2.30. The molecule has 0 spiro atoms. The molecule has 5 nitrogen and oxygen atoms in total. The maximum Gasteiger partial charge on any atom is 0.573 e. The summed E-state index contributed by atoms with van der Waals surface area (Å²) in [6.45, 7) is 1.86. The van der Waals surface area contributed by atoms with E-state index < -0.39 is 6.36 Å². The van der Waals surface area contributed by atoms with Gasteiger partial charge in [0.1, 0.15) is 5.75 Å². The van der Waals surface area contributed by atoms with E-state index in [1.54, 1.807) is 29.2 Å². The standard InChI is InChI=1S/C19H17F3N2O3/c1-12(25)23-15-6-4-13(5-7-15)18(26)24-10-2-3-14-11-16(8-9-17(14)24)27-19(20,21)22/h4-9,11H,2-3,10H2,1H3,(H,23,25). The molecule has 0 radical (unpaired) electrons. The number of benzene rings is 2. The van der Waals surface area contributed by atoms with Crippen LogP contribution in [-0.2, 0) is 11.2 Å². The van der Waals surface area contributed by atoms with Gasteiger partial charge in [-0.3, -0.25) is 9.59 Å². The zero-order valence-electron chi connectivity index (χ0n) is 14.5. The van der Waals surface area contributed by atoms with E-state index in [1.807, 2.05) is 0 Å². The van der Waals surface area contributed by atoms with Gasteiger partial charge in [-0.1, -0.05) is 0 Å². The van der Waals surface area contributed by atoms with Crippen molar-refractivity contribution in [1.82, 2.24) is 0 Å². The summed E-state index contributed by atoms with van der Waals surface area (Å²) in [6, 6.07) is 10.4. The van der Waals surface area contributed by atoms with Crippen molar-refractivity contribution in [3.63, 3.8) is 0 Å². The summed E-state index contributed by atoms with van der Waals surface area (Å²) in [6.07, 6.45) is -3.55. The van der Waals surface area contributed by atoms with E-state index in [4.69, 9.17) is 0 Å². The van der Waals surface area contributed by atoms with Crippen molar-refractivity contribution in [2.45, 2.75) is 26.1 Å². The average Bonchev–Trinajstić information content (AvgIpc) is 2.59. The van der Waals surface area contributed by atoms with Gasteiger partial charge in [-0.15, -0.1) is 13.2 Å². The predicted molar refractivity (Wildman–Crippen MR) is 93.9 cm³/mol. The second-order valence-electron chi connectivity index (χ2n) is 6.16. The molecule has 0 fully saturated rings. The van der Waals surface area contributed by atoms with Gasteiger partial charge >= 0.3 is 6.36 Å². The van der Waals surface area contributed by atoms with Crippen LogP contribution in [-0.4, -0.2) is 24.7 Å². The first-order valence-corrected chi connectivity index (χ1v) is 8.31. The van der Waals surface area contributed by atoms with Crippen LogP contribution in [0.2, 0.25) is 0 Å². The quantitative estimate of drug-likeness (QED) is 0.874. The Balaban J connectivity index is 1.82. The number of carbonyl (C=O) groups excluding carboxylic acids is 2. The van der Waals surface area contributed by atoms with E-state index in [1.165, 1.54) is 25.1 Å². The minimum Gasteiger partial charge on any atom is -0.406 e. The van der Waals surface area contributed by atoms with Crippen molar-refractivity contribution in [2.75, 3.05) is 16.8 Å². The largest absolute Gasteiger partial charge is 0.573 e. The maximum atomic E-state index is 12.8.